The highest BCUT2D eigenvalue weighted by Gasteiger charge is 2.38. The minimum atomic E-state index is 0.0589. The molecular weight excluding hydrogens is 306 g/mol. The number of hydrogen-bond acceptors (Lipinski definition) is 6. The molecule has 0 unspecified atom stereocenters. The van der Waals surface area contributed by atoms with Crippen molar-refractivity contribution in [3.8, 4) is 5.75 Å². The Kier molecular flexibility index (Phi) is 4.08. The van der Waals surface area contributed by atoms with Crippen molar-refractivity contribution in [1.82, 2.24) is 24.8 Å². The van der Waals surface area contributed by atoms with Gasteiger partial charge in [-0.3, -0.25) is 14.7 Å². The quantitative estimate of drug-likeness (QED) is 0.833. The van der Waals surface area contributed by atoms with Crippen molar-refractivity contribution < 1.29 is 9.53 Å². The Morgan fingerprint density at radius 3 is 2.79 bits per heavy atom. The van der Waals surface area contributed by atoms with E-state index in [1.807, 2.05) is 11.0 Å². The van der Waals surface area contributed by atoms with E-state index in [4.69, 9.17) is 4.74 Å². The van der Waals surface area contributed by atoms with Crippen LogP contribution in [0.5, 0.6) is 5.75 Å². The Morgan fingerprint density at radius 2 is 2.00 bits per heavy atom. The number of rotatable bonds is 3. The Bertz CT molecular complexity index is 697. The first-order chi connectivity index (χ1) is 11.8. The Labute approximate surface area is 140 Å². The summed E-state index contributed by atoms with van der Waals surface area (Å²) in [6.45, 7) is 3.24. The molecule has 0 bridgehead atoms. The van der Waals surface area contributed by atoms with Crippen LogP contribution < -0.4 is 4.74 Å². The summed E-state index contributed by atoms with van der Waals surface area (Å²) in [7, 11) is 0. The first kappa shape index (κ1) is 15.0. The van der Waals surface area contributed by atoms with E-state index >= 15 is 0 Å². The van der Waals surface area contributed by atoms with Crippen LogP contribution in [-0.2, 0) is 0 Å². The fraction of sp³-hybridized carbons (Fsp3) is 0.412. The molecule has 0 radical (unpaired) electrons. The van der Waals surface area contributed by atoms with Crippen molar-refractivity contribution in [3.05, 3.63) is 48.8 Å². The van der Waals surface area contributed by atoms with Crippen LogP contribution in [0.3, 0.4) is 0 Å². The molecule has 0 N–H and O–H groups in total. The molecule has 4 rings (SSSR count). The van der Waals surface area contributed by atoms with Gasteiger partial charge in [0.2, 0.25) is 0 Å². The van der Waals surface area contributed by atoms with Crippen LogP contribution in [0, 0.1) is 0 Å². The molecule has 24 heavy (non-hydrogen) atoms. The van der Waals surface area contributed by atoms with Crippen LogP contribution in [-0.4, -0.2) is 69.0 Å². The van der Waals surface area contributed by atoms with Crippen molar-refractivity contribution in [2.75, 3.05) is 26.2 Å². The maximum absolute atomic E-state index is 12.6. The summed E-state index contributed by atoms with van der Waals surface area (Å²) in [5, 5.41) is 0. The molecule has 2 aromatic rings. The number of amides is 1. The van der Waals surface area contributed by atoms with Gasteiger partial charge in [-0.2, -0.15) is 0 Å². The number of hydrogen-bond donors (Lipinski definition) is 0. The summed E-state index contributed by atoms with van der Waals surface area (Å²) in [5.41, 5.74) is 0.651. The number of piperazine rings is 1. The van der Waals surface area contributed by atoms with Crippen LogP contribution >= 0.6 is 0 Å². The van der Waals surface area contributed by atoms with Crippen molar-refractivity contribution in [2.45, 2.75) is 18.6 Å². The first-order valence-electron chi connectivity index (χ1n) is 8.14. The number of pyridine rings is 1. The maximum Gasteiger partial charge on any atom is 0.255 e. The van der Waals surface area contributed by atoms with Crippen LogP contribution in [0.4, 0.5) is 0 Å². The van der Waals surface area contributed by atoms with E-state index < -0.39 is 0 Å². The SMILES string of the molecule is O=C(c1cccnc1)N1CCN2C[C@H](Oc3cncnc3)C[C@H]2C1. The van der Waals surface area contributed by atoms with E-state index in [1.54, 1.807) is 30.9 Å². The van der Waals surface area contributed by atoms with Crippen LogP contribution in [0.1, 0.15) is 16.8 Å². The zero-order valence-electron chi connectivity index (χ0n) is 13.3. The zero-order valence-corrected chi connectivity index (χ0v) is 13.3. The number of aromatic nitrogens is 3. The summed E-state index contributed by atoms with van der Waals surface area (Å²) < 4.78 is 5.97. The molecule has 7 heteroatoms. The Morgan fingerprint density at radius 1 is 1.12 bits per heavy atom. The molecule has 2 aromatic heterocycles. The molecule has 0 aliphatic carbocycles. The highest BCUT2D eigenvalue weighted by atomic mass is 16.5. The molecule has 1 amide bonds. The van der Waals surface area contributed by atoms with Gasteiger partial charge in [-0.1, -0.05) is 0 Å². The van der Waals surface area contributed by atoms with Crippen LogP contribution in [0.2, 0.25) is 0 Å². The van der Waals surface area contributed by atoms with Crippen molar-refractivity contribution in [3.63, 3.8) is 0 Å². The van der Waals surface area contributed by atoms with Crippen LogP contribution in [0.15, 0.2) is 43.2 Å². The lowest BCUT2D eigenvalue weighted by Gasteiger charge is -2.37. The van der Waals surface area contributed by atoms with Gasteiger partial charge in [0.1, 0.15) is 12.4 Å². The van der Waals surface area contributed by atoms with Crippen molar-refractivity contribution >= 4 is 5.91 Å². The molecule has 2 fully saturated rings. The molecule has 124 valence electrons. The highest BCUT2D eigenvalue weighted by Crippen LogP contribution is 2.26. The van der Waals surface area contributed by atoms with Gasteiger partial charge >= 0.3 is 0 Å². The molecule has 2 aliphatic heterocycles. The van der Waals surface area contributed by atoms with E-state index in [0.717, 1.165) is 32.6 Å². The maximum atomic E-state index is 12.6. The Hall–Kier alpha value is -2.54. The monoisotopic (exact) mass is 325 g/mol. The molecule has 0 saturated carbocycles. The number of nitrogens with zero attached hydrogens (tertiary/aromatic N) is 5. The lowest BCUT2D eigenvalue weighted by molar-refractivity contribution is 0.0569. The van der Waals surface area contributed by atoms with Gasteiger partial charge in [0.05, 0.1) is 18.0 Å². The van der Waals surface area contributed by atoms with E-state index in [-0.39, 0.29) is 12.0 Å². The third-order valence-electron chi connectivity index (χ3n) is 4.61. The van der Waals surface area contributed by atoms with Gasteiger partial charge in [-0.05, 0) is 12.1 Å². The zero-order chi connectivity index (χ0) is 16.4. The fourth-order valence-corrected chi connectivity index (χ4v) is 3.48. The molecule has 0 spiro atoms. The largest absolute Gasteiger partial charge is 0.486 e. The second kappa shape index (κ2) is 6.52. The van der Waals surface area contributed by atoms with Crippen molar-refractivity contribution in [2.24, 2.45) is 0 Å². The minimum absolute atomic E-state index is 0.0589. The summed E-state index contributed by atoms with van der Waals surface area (Å²) in [5.74, 6) is 0.759. The van der Waals surface area contributed by atoms with Crippen LogP contribution in [0.25, 0.3) is 0 Å². The molecule has 7 nitrogen and oxygen atoms in total. The number of carbonyl (C=O) groups is 1. The summed E-state index contributed by atoms with van der Waals surface area (Å²) in [4.78, 5) is 28.9. The van der Waals surface area contributed by atoms with E-state index in [1.165, 1.54) is 6.33 Å². The standard InChI is InChI=1S/C17H19N5O2/c23-17(13-2-1-3-18-7-13)22-5-4-21-11-15(6-14(21)10-22)24-16-8-19-12-20-9-16/h1-3,7-9,12,14-15H,4-6,10-11H2/t14-,15+/m0/s1. The smallest absolute Gasteiger partial charge is 0.255 e. The summed E-state index contributed by atoms with van der Waals surface area (Å²) in [6.07, 6.45) is 9.20. The topological polar surface area (TPSA) is 71.5 Å². The lowest BCUT2D eigenvalue weighted by atomic mass is 10.1. The molecule has 4 heterocycles. The first-order valence-corrected chi connectivity index (χ1v) is 8.14. The molecule has 0 aromatic carbocycles. The average Bonchev–Trinajstić information content (AvgIpc) is 3.04. The predicted octanol–water partition coefficient (Wildman–Crippen LogP) is 0.849. The summed E-state index contributed by atoms with van der Waals surface area (Å²) in [6, 6.07) is 3.96. The Balaban J connectivity index is 1.38. The van der Waals surface area contributed by atoms with Gasteiger partial charge < -0.3 is 9.64 Å². The molecule has 2 aliphatic rings. The predicted molar refractivity (Wildman–Crippen MR) is 86.6 cm³/mol. The second-order valence-electron chi connectivity index (χ2n) is 6.19. The van der Waals surface area contributed by atoms with Gasteiger partial charge in [-0.25, -0.2) is 9.97 Å². The molecule has 2 atom stereocenters. The van der Waals surface area contributed by atoms with Gasteiger partial charge in [0, 0.05) is 51.0 Å². The normalized spacial score (nSPS) is 23.8. The van der Waals surface area contributed by atoms with E-state index in [0.29, 0.717) is 17.4 Å². The number of ether oxygens (including phenoxy) is 1. The molecular formula is C17H19N5O2. The third-order valence-corrected chi connectivity index (χ3v) is 4.61. The van der Waals surface area contributed by atoms with E-state index in [2.05, 4.69) is 19.9 Å². The van der Waals surface area contributed by atoms with Gasteiger partial charge in [0.25, 0.3) is 5.91 Å². The lowest BCUT2D eigenvalue weighted by Crippen LogP contribution is -2.52. The highest BCUT2D eigenvalue weighted by molar-refractivity contribution is 5.94. The molecule has 2 saturated heterocycles. The van der Waals surface area contributed by atoms with Crippen molar-refractivity contribution in [1.29, 1.82) is 0 Å². The number of fused-ring (bicyclic) bond motifs is 1. The van der Waals surface area contributed by atoms with Gasteiger partial charge in [0.15, 0.2) is 5.75 Å². The third kappa shape index (κ3) is 3.07. The average molecular weight is 325 g/mol. The second-order valence-corrected chi connectivity index (χ2v) is 6.19. The number of carbonyl (C=O) groups excluding carboxylic acids is 1. The summed E-state index contributed by atoms with van der Waals surface area (Å²) >= 11 is 0. The fourth-order valence-electron chi connectivity index (χ4n) is 3.48. The minimum Gasteiger partial charge on any atom is -0.486 e. The van der Waals surface area contributed by atoms with E-state index in [9.17, 15) is 4.79 Å². The van der Waals surface area contributed by atoms with Gasteiger partial charge in [-0.15, -0.1) is 0 Å².